The summed E-state index contributed by atoms with van der Waals surface area (Å²) in [6, 6.07) is 27.8. The van der Waals surface area contributed by atoms with Crippen LogP contribution in [0.25, 0.3) is 11.3 Å². The molecule has 0 saturated heterocycles. The molecule has 3 aromatic carbocycles. The topological polar surface area (TPSA) is 47.4 Å². The fraction of sp³-hybridized carbons (Fsp3) is 0.214. The summed E-state index contributed by atoms with van der Waals surface area (Å²) in [6.07, 6.45) is 2.04. The van der Waals surface area contributed by atoms with Gasteiger partial charge in [0.1, 0.15) is 11.4 Å². The number of aromatic nitrogens is 2. The maximum Gasteiger partial charge on any atom is 0.254 e. The largest absolute Gasteiger partial charge is 0.439 e. The van der Waals surface area contributed by atoms with E-state index < -0.39 is 0 Å². The summed E-state index contributed by atoms with van der Waals surface area (Å²) >= 11 is 0. The van der Waals surface area contributed by atoms with Gasteiger partial charge in [-0.25, -0.2) is 4.68 Å². The molecule has 1 heterocycles. The zero-order chi connectivity index (χ0) is 22.8. The van der Waals surface area contributed by atoms with Gasteiger partial charge in [-0.3, -0.25) is 4.79 Å². The fourth-order valence-electron chi connectivity index (χ4n) is 4.11. The van der Waals surface area contributed by atoms with E-state index in [9.17, 15) is 4.79 Å². The second-order valence-electron chi connectivity index (χ2n) is 8.57. The van der Waals surface area contributed by atoms with Crippen LogP contribution in [0.15, 0.2) is 84.9 Å². The zero-order valence-corrected chi connectivity index (χ0v) is 18.9. The lowest BCUT2D eigenvalue weighted by Gasteiger charge is -2.23. The monoisotopic (exact) mass is 437 g/mol. The van der Waals surface area contributed by atoms with Gasteiger partial charge in [0.15, 0.2) is 0 Å². The molecular weight excluding hydrogens is 410 g/mol. The smallest absolute Gasteiger partial charge is 0.254 e. The first-order valence-corrected chi connectivity index (χ1v) is 11.3. The molecule has 0 unspecified atom stereocenters. The Morgan fingerprint density at radius 2 is 1.70 bits per heavy atom. The zero-order valence-electron chi connectivity index (χ0n) is 18.9. The van der Waals surface area contributed by atoms with Gasteiger partial charge in [0, 0.05) is 24.2 Å². The molecule has 0 bridgehead atoms. The number of aryl methyl sites for hydroxylation is 2. The molecule has 0 aliphatic heterocycles. The average molecular weight is 438 g/mol. The second kappa shape index (κ2) is 8.94. The normalized spacial score (nSPS) is 13.0. The van der Waals surface area contributed by atoms with Gasteiger partial charge >= 0.3 is 0 Å². The summed E-state index contributed by atoms with van der Waals surface area (Å²) < 4.78 is 8.15. The van der Waals surface area contributed by atoms with Crippen LogP contribution in [0.5, 0.6) is 11.6 Å². The van der Waals surface area contributed by atoms with Gasteiger partial charge in [0.2, 0.25) is 5.88 Å². The Morgan fingerprint density at radius 1 is 1.00 bits per heavy atom. The highest BCUT2D eigenvalue weighted by molar-refractivity contribution is 5.94. The minimum absolute atomic E-state index is 0.0440. The third kappa shape index (κ3) is 4.53. The number of benzene rings is 3. The van der Waals surface area contributed by atoms with E-state index in [4.69, 9.17) is 9.84 Å². The van der Waals surface area contributed by atoms with Crippen molar-refractivity contribution in [1.29, 1.82) is 0 Å². The van der Waals surface area contributed by atoms with Gasteiger partial charge in [0.05, 0.1) is 12.1 Å². The Bertz CT molecular complexity index is 1260. The van der Waals surface area contributed by atoms with Crippen LogP contribution < -0.4 is 4.74 Å². The Hall–Kier alpha value is -3.86. The van der Waals surface area contributed by atoms with E-state index in [2.05, 4.69) is 0 Å². The van der Waals surface area contributed by atoms with Crippen molar-refractivity contribution in [2.75, 3.05) is 0 Å². The van der Waals surface area contributed by atoms with Crippen LogP contribution in [0.1, 0.15) is 34.3 Å². The summed E-state index contributed by atoms with van der Waals surface area (Å²) in [7, 11) is 1.89. The second-order valence-corrected chi connectivity index (χ2v) is 8.57. The molecule has 5 nitrogen and oxygen atoms in total. The highest BCUT2D eigenvalue weighted by Gasteiger charge is 2.35. The Kier molecular flexibility index (Phi) is 5.69. The number of hydrogen-bond acceptors (Lipinski definition) is 3. The number of carbonyl (C=O) groups is 1. The first kappa shape index (κ1) is 21.0. The first-order valence-electron chi connectivity index (χ1n) is 11.3. The van der Waals surface area contributed by atoms with Crippen LogP contribution in [0.3, 0.4) is 0 Å². The standard InChI is InChI=1S/C28H27N3O2/c1-20-10-9-15-24(18-20)33-28-25(26(29-30(28)2)21-11-5-3-6-12-21)19-31(23-16-17-23)27(32)22-13-7-4-8-14-22/h3-15,18,23H,16-17,19H2,1-2H3. The van der Waals surface area contributed by atoms with Gasteiger partial charge < -0.3 is 9.64 Å². The number of nitrogens with zero attached hydrogens (tertiary/aromatic N) is 3. The summed E-state index contributed by atoms with van der Waals surface area (Å²) in [4.78, 5) is 15.4. The molecule has 0 radical (unpaired) electrons. The van der Waals surface area contributed by atoms with Crippen molar-refractivity contribution in [1.82, 2.24) is 14.7 Å². The third-order valence-electron chi connectivity index (χ3n) is 5.94. The number of hydrogen-bond donors (Lipinski definition) is 0. The molecule has 166 valence electrons. The minimum Gasteiger partial charge on any atom is -0.439 e. The third-order valence-corrected chi connectivity index (χ3v) is 5.94. The van der Waals surface area contributed by atoms with Crippen molar-refractivity contribution in [2.24, 2.45) is 7.05 Å². The molecule has 1 aliphatic carbocycles. The number of ether oxygens (including phenoxy) is 1. The van der Waals surface area contributed by atoms with Crippen LogP contribution in [0, 0.1) is 6.92 Å². The Morgan fingerprint density at radius 3 is 2.36 bits per heavy atom. The van der Waals surface area contributed by atoms with E-state index in [0.717, 1.165) is 41.0 Å². The average Bonchev–Trinajstić information content (AvgIpc) is 3.64. The van der Waals surface area contributed by atoms with Crippen molar-refractivity contribution in [2.45, 2.75) is 32.4 Å². The van der Waals surface area contributed by atoms with E-state index in [-0.39, 0.29) is 11.9 Å². The van der Waals surface area contributed by atoms with Crippen molar-refractivity contribution >= 4 is 5.91 Å². The fourth-order valence-corrected chi connectivity index (χ4v) is 4.11. The van der Waals surface area contributed by atoms with Crippen LogP contribution >= 0.6 is 0 Å². The van der Waals surface area contributed by atoms with Gasteiger partial charge in [0.25, 0.3) is 5.91 Å². The molecule has 1 aromatic heterocycles. The summed E-state index contributed by atoms with van der Waals surface area (Å²) in [6.45, 7) is 2.48. The predicted octanol–water partition coefficient (Wildman–Crippen LogP) is 5.99. The van der Waals surface area contributed by atoms with Crippen molar-refractivity contribution in [3.63, 3.8) is 0 Å². The minimum atomic E-state index is 0.0440. The SMILES string of the molecule is Cc1cccc(Oc2c(CN(C(=O)c3ccccc3)C3CC3)c(-c3ccccc3)nn2C)c1. The molecule has 4 aromatic rings. The molecular formula is C28H27N3O2. The van der Waals surface area contributed by atoms with Gasteiger partial charge in [-0.1, -0.05) is 60.7 Å². The Labute approximate surface area is 194 Å². The molecule has 0 atom stereocenters. The highest BCUT2D eigenvalue weighted by Crippen LogP contribution is 2.37. The van der Waals surface area contributed by atoms with Crippen molar-refractivity contribution in [3.8, 4) is 22.9 Å². The summed E-state index contributed by atoms with van der Waals surface area (Å²) in [5.74, 6) is 1.46. The van der Waals surface area contributed by atoms with Crippen LogP contribution in [0.4, 0.5) is 0 Å². The molecule has 1 saturated carbocycles. The summed E-state index contributed by atoms with van der Waals surface area (Å²) in [5.41, 5.74) is 4.59. The Balaban J connectivity index is 1.57. The maximum absolute atomic E-state index is 13.5. The molecule has 5 heteroatoms. The van der Waals surface area contributed by atoms with Gasteiger partial charge in [-0.2, -0.15) is 5.10 Å². The number of amides is 1. The molecule has 5 rings (SSSR count). The van der Waals surface area contributed by atoms with E-state index in [1.165, 1.54) is 0 Å². The lowest BCUT2D eigenvalue weighted by molar-refractivity contribution is 0.0729. The molecule has 1 amide bonds. The van der Waals surface area contributed by atoms with Gasteiger partial charge in [-0.05, 0) is 49.6 Å². The molecule has 1 fully saturated rings. The van der Waals surface area contributed by atoms with E-state index in [1.807, 2.05) is 104 Å². The molecule has 1 aliphatic rings. The molecule has 0 N–H and O–H groups in total. The lowest BCUT2D eigenvalue weighted by Crippen LogP contribution is -2.32. The van der Waals surface area contributed by atoms with E-state index in [1.54, 1.807) is 4.68 Å². The number of rotatable bonds is 7. The van der Waals surface area contributed by atoms with Crippen LogP contribution in [-0.2, 0) is 13.6 Å². The van der Waals surface area contributed by atoms with Crippen molar-refractivity contribution < 1.29 is 9.53 Å². The van der Waals surface area contributed by atoms with Gasteiger partial charge in [-0.15, -0.1) is 0 Å². The number of carbonyl (C=O) groups excluding carboxylic acids is 1. The van der Waals surface area contributed by atoms with Crippen molar-refractivity contribution in [3.05, 3.63) is 102 Å². The molecule has 0 spiro atoms. The quantitative estimate of drug-likeness (QED) is 0.357. The highest BCUT2D eigenvalue weighted by atomic mass is 16.5. The molecule has 33 heavy (non-hydrogen) atoms. The lowest BCUT2D eigenvalue weighted by atomic mass is 10.1. The predicted molar refractivity (Wildman–Crippen MR) is 129 cm³/mol. The van der Waals surface area contributed by atoms with Crippen LogP contribution in [0.2, 0.25) is 0 Å². The maximum atomic E-state index is 13.5. The van der Waals surface area contributed by atoms with Crippen LogP contribution in [-0.4, -0.2) is 26.6 Å². The summed E-state index contributed by atoms with van der Waals surface area (Å²) in [5, 5.41) is 4.82. The van der Waals surface area contributed by atoms with E-state index in [0.29, 0.717) is 18.0 Å². The van der Waals surface area contributed by atoms with E-state index >= 15 is 0 Å². The first-order chi connectivity index (χ1) is 16.1.